The number of aryl methyl sites for hydroxylation is 1. The molecule has 1 fully saturated rings. The molecule has 4 heteroatoms. The van der Waals surface area contributed by atoms with Gasteiger partial charge in [-0.05, 0) is 31.5 Å². The molecule has 4 nitrogen and oxygen atoms in total. The number of nitrogens with zero attached hydrogens (tertiary/aromatic N) is 2. The van der Waals surface area contributed by atoms with Crippen LogP contribution in [0, 0.1) is 6.92 Å². The van der Waals surface area contributed by atoms with Gasteiger partial charge in [-0.2, -0.15) is 0 Å². The van der Waals surface area contributed by atoms with Crippen LogP contribution in [0.1, 0.15) is 18.1 Å². The smallest absolute Gasteiger partial charge is 0.224 e. The minimum absolute atomic E-state index is 0.103. The van der Waals surface area contributed by atoms with Crippen molar-refractivity contribution in [3.8, 4) is 0 Å². The molecule has 1 aliphatic heterocycles. The molecule has 0 aromatic heterocycles. The van der Waals surface area contributed by atoms with Crippen LogP contribution < -0.4 is 10.2 Å². The number of anilines is 1. The molecule has 1 aliphatic rings. The molecule has 0 unspecified atom stereocenters. The van der Waals surface area contributed by atoms with Gasteiger partial charge < -0.3 is 10.2 Å². The lowest BCUT2D eigenvalue weighted by Crippen LogP contribution is -2.51. The van der Waals surface area contributed by atoms with E-state index in [0.717, 1.165) is 38.3 Å². The van der Waals surface area contributed by atoms with E-state index in [9.17, 15) is 4.79 Å². The molecule has 26 heavy (non-hydrogen) atoms. The fraction of sp³-hybridized carbons (Fsp3) is 0.409. The van der Waals surface area contributed by atoms with E-state index in [1.165, 1.54) is 11.3 Å². The lowest BCUT2D eigenvalue weighted by atomic mass is 10.1. The number of para-hydroxylation sites is 1. The van der Waals surface area contributed by atoms with Crippen LogP contribution in [0.15, 0.2) is 54.6 Å². The van der Waals surface area contributed by atoms with E-state index in [2.05, 4.69) is 71.4 Å². The Bertz CT molecular complexity index is 708. The highest BCUT2D eigenvalue weighted by molar-refractivity contribution is 5.78. The predicted octanol–water partition coefficient (Wildman–Crippen LogP) is 2.86. The van der Waals surface area contributed by atoms with Gasteiger partial charge in [0.15, 0.2) is 0 Å². The molecule has 138 valence electrons. The standard InChI is InChI=1S/C22H29N3O/c1-18-7-6-8-20(15-18)16-22(26)23-19(2)17-24-11-13-25(14-12-24)21-9-4-3-5-10-21/h3-10,15,19H,11-14,16-17H2,1-2H3,(H,23,26)/t19-/m1/s1. The minimum Gasteiger partial charge on any atom is -0.369 e. The summed E-state index contributed by atoms with van der Waals surface area (Å²) >= 11 is 0. The highest BCUT2D eigenvalue weighted by atomic mass is 16.1. The highest BCUT2D eigenvalue weighted by Crippen LogP contribution is 2.15. The number of carbonyl (C=O) groups is 1. The molecule has 0 bridgehead atoms. The number of hydrogen-bond donors (Lipinski definition) is 1. The molecular formula is C22H29N3O. The van der Waals surface area contributed by atoms with Crippen LogP contribution in [-0.2, 0) is 11.2 Å². The van der Waals surface area contributed by atoms with Crippen LogP contribution in [-0.4, -0.2) is 49.6 Å². The number of benzene rings is 2. The van der Waals surface area contributed by atoms with Crippen molar-refractivity contribution in [1.29, 1.82) is 0 Å². The number of carbonyl (C=O) groups excluding carboxylic acids is 1. The zero-order chi connectivity index (χ0) is 18.4. The SMILES string of the molecule is Cc1cccc(CC(=O)N[C@H](C)CN2CCN(c3ccccc3)CC2)c1. The first-order valence-corrected chi connectivity index (χ1v) is 9.47. The maximum atomic E-state index is 12.3. The summed E-state index contributed by atoms with van der Waals surface area (Å²) in [5.41, 5.74) is 3.57. The van der Waals surface area contributed by atoms with Crippen molar-refractivity contribution >= 4 is 11.6 Å². The van der Waals surface area contributed by atoms with Gasteiger partial charge in [-0.25, -0.2) is 0 Å². The summed E-state index contributed by atoms with van der Waals surface area (Å²) in [6.07, 6.45) is 0.452. The molecule has 0 radical (unpaired) electrons. The van der Waals surface area contributed by atoms with Gasteiger partial charge in [0.1, 0.15) is 0 Å². The molecule has 2 aromatic rings. The van der Waals surface area contributed by atoms with Crippen LogP contribution in [0.4, 0.5) is 5.69 Å². The van der Waals surface area contributed by atoms with Gasteiger partial charge in [0, 0.05) is 44.5 Å². The number of piperazine rings is 1. The van der Waals surface area contributed by atoms with Crippen molar-refractivity contribution in [2.75, 3.05) is 37.6 Å². The Kier molecular flexibility index (Phi) is 6.29. The van der Waals surface area contributed by atoms with Gasteiger partial charge in [0.25, 0.3) is 0 Å². The average molecular weight is 351 g/mol. The molecule has 1 N–H and O–H groups in total. The molecule has 1 heterocycles. The molecule has 2 aromatic carbocycles. The fourth-order valence-corrected chi connectivity index (χ4v) is 3.59. The molecule has 1 amide bonds. The van der Waals surface area contributed by atoms with Crippen molar-refractivity contribution in [3.63, 3.8) is 0 Å². The van der Waals surface area contributed by atoms with Crippen LogP contribution in [0.3, 0.4) is 0 Å². The first-order chi connectivity index (χ1) is 12.6. The Hall–Kier alpha value is -2.33. The normalized spacial score (nSPS) is 16.3. The summed E-state index contributed by atoms with van der Waals surface area (Å²) in [5, 5.41) is 3.14. The topological polar surface area (TPSA) is 35.6 Å². The average Bonchev–Trinajstić information content (AvgIpc) is 2.63. The first kappa shape index (κ1) is 18.5. The largest absolute Gasteiger partial charge is 0.369 e. The Morgan fingerprint density at radius 3 is 2.46 bits per heavy atom. The van der Waals surface area contributed by atoms with E-state index in [1.807, 2.05) is 12.1 Å². The summed E-state index contributed by atoms with van der Waals surface area (Å²) in [7, 11) is 0. The molecular weight excluding hydrogens is 322 g/mol. The third-order valence-corrected chi connectivity index (χ3v) is 4.88. The third-order valence-electron chi connectivity index (χ3n) is 4.88. The Morgan fingerprint density at radius 1 is 1.04 bits per heavy atom. The van der Waals surface area contributed by atoms with Crippen molar-refractivity contribution in [2.45, 2.75) is 26.3 Å². The third kappa shape index (κ3) is 5.33. The minimum atomic E-state index is 0.103. The van der Waals surface area contributed by atoms with Crippen LogP contribution in [0.2, 0.25) is 0 Å². The van der Waals surface area contributed by atoms with Gasteiger partial charge in [-0.15, -0.1) is 0 Å². The summed E-state index contributed by atoms with van der Waals surface area (Å²) in [5.74, 6) is 0.103. The first-order valence-electron chi connectivity index (χ1n) is 9.47. The van der Waals surface area contributed by atoms with Crippen LogP contribution >= 0.6 is 0 Å². The number of amides is 1. The number of rotatable bonds is 6. The number of nitrogens with one attached hydrogen (secondary N) is 1. The second-order valence-corrected chi connectivity index (χ2v) is 7.26. The Labute approximate surface area is 156 Å². The van der Waals surface area contributed by atoms with E-state index >= 15 is 0 Å². The molecule has 0 spiro atoms. The maximum absolute atomic E-state index is 12.3. The second-order valence-electron chi connectivity index (χ2n) is 7.26. The van der Waals surface area contributed by atoms with Crippen LogP contribution in [0.25, 0.3) is 0 Å². The van der Waals surface area contributed by atoms with E-state index in [4.69, 9.17) is 0 Å². The Morgan fingerprint density at radius 2 is 1.77 bits per heavy atom. The molecule has 1 saturated heterocycles. The van der Waals surface area contributed by atoms with Gasteiger partial charge in [-0.1, -0.05) is 48.0 Å². The highest BCUT2D eigenvalue weighted by Gasteiger charge is 2.19. The van der Waals surface area contributed by atoms with Gasteiger partial charge in [0.2, 0.25) is 5.91 Å². The van der Waals surface area contributed by atoms with E-state index in [-0.39, 0.29) is 11.9 Å². The molecule has 3 rings (SSSR count). The van der Waals surface area contributed by atoms with Gasteiger partial charge >= 0.3 is 0 Å². The molecule has 1 atom stereocenters. The van der Waals surface area contributed by atoms with Crippen molar-refractivity contribution < 1.29 is 4.79 Å². The van der Waals surface area contributed by atoms with E-state index in [0.29, 0.717) is 6.42 Å². The zero-order valence-corrected chi connectivity index (χ0v) is 15.8. The lowest BCUT2D eigenvalue weighted by molar-refractivity contribution is -0.121. The monoisotopic (exact) mass is 351 g/mol. The summed E-state index contributed by atoms with van der Waals surface area (Å²) < 4.78 is 0. The number of hydrogen-bond acceptors (Lipinski definition) is 3. The van der Waals surface area contributed by atoms with E-state index < -0.39 is 0 Å². The molecule has 0 aliphatic carbocycles. The molecule has 0 saturated carbocycles. The maximum Gasteiger partial charge on any atom is 0.224 e. The van der Waals surface area contributed by atoms with Gasteiger partial charge in [0.05, 0.1) is 6.42 Å². The lowest BCUT2D eigenvalue weighted by Gasteiger charge is -2.37. The van der Waals surface area contributed by atoms with E-state index in [1.54, 1.807) is 0 Å². The fourth-order valence-electron chi connectivity index (χ4n) is 3.59. The van der Waals surface area contributed by atoms with Crippen molar-refractivity contribution in [3.05, 3.63) is 65.7 Å². The van der Waals surface area contributed by atoms with Crippen molar-refractivity contribution in [1.82, 2.24) is 10.2 Å². The van der Waals surface area contributed by atoms with Gasteiger partial charge in [-0.3, -0.25) is 9.69 Å². The second kappa shape index (κ2) is 8.86. The summed E-state index contributed by atoms with van der Waals surface area (Å²) in [6.45, 7) is 9.20. The predicted molar refractivity (Wildman–Crippen MR) is 108 cm³/mol. The Balaban J connectivity index is 1.41. The summed E-state index contributed by atoms with van der Waals surface area (Å²) in [4.78, 5) is 17.1. The van der Waals surface area contributed by atoms with Crippen LogP contribution in [0.5, 0.6) is 0 Å². The zero-order valence-electron chi connectivity index (χ0n) is 15.8. The quantitative estimate of drug-likeness (QED) is 0.869. The van der Waals surface area contributed by atoms with Crippen molar-refractivity contribution in [2.24, 2.45) is 0 Å². The summed E-state index contributed by atoms with van der Waals surface area (Å²) in [6, 6.07) is 18.9.